The SMILES string of the molecule is Cc1nc(-c2ccc(Br)cc2)nc(N2CCCCC2)c1C. The van der Waals surface area contributed by atoms with E-state index in [1.807, 2.05) is 12.1 Å². The van der Waals surface area contributed by atoms with Crippen LogP contribution in [0.15, 0.2) is 28.7 Å². The number of halogens is 1. The molecule has 3 rings (SSSR count). The van der Waals surface area contributed by atoms with Crippen LogP contribution in [0.25, 0.3) is 11.4 Å². The van der Waals surface area contributed by atoms with Crippen molar-refractivity contribution in [1.29, 1.82) is 0 Å². The highest BCUT2D eigenvalue weighted by Crippen LogP contribution is 2.27. The number of aromatic nitrogens is 2. The molecule has 21 heavy (non-hydrogen) atoms. The molecule has 2 aromatic rings. The van der Waals surface area contributed by atoms with Gasteiger partial charge in [0.2, 0.25) is 0 Å². The number of benzene rings is 1. The second-order valence-electron chi connectivity index (χ2n) is 5.64. The minimum absolute atomic E-state index is 0.825. The minimum atomic E-state index is 0.825. The molecule has 4 heteroatoms. The molecule has 110 valence electrons. The van der Waals surface area contributed by atoms with E-state index in [0.717, 1.165) is 40.5 Å². The molecule has 0 saturated carbocycles. The van der Waals surface area contributed by atoms with Gasteiger partial charge in [-0.3, -0.25) is 0 Å². The van der Waals surface area contributed by atoms with Gasteiger partial charge in [0.15, 0.2) is 5.82 Å². The smallest absolute Gasteiger partial charge is 0.161 e. The van der Waals surface area contributed by atoms with Gasteiger partial charge in [0.05, 0.1) is 0 Å². The fraction of sp³-hybridized carbons (Fsp3) is 0.412. The molecule has 0 amide bonds. The van der Waals surface area contributed by atoms with Crippen LogP contribution in [-0.4, -0.2) is 23.1 Å². The summed E-state index contributed by atoms with van der Waals surface area (Å²) in [5.41, 5.74) is 3.35. The first-order valence-corrected chi connectivity index (χ1v) is 8.30. The van der Waals surface area contributed by atoms with E-state index in [1.54, 1.807) is 0 Å². The summed E-state index contributed by atoms with van der Waals surface area (Å²) in [7, 11) is 0. The van der Waals surface area contributed by atoms with Gasteiger partial charge in [0.1, 0.15) is 5.82 Å². The Morgan fingerprint density at radius 2 is 1.62 bits per heavy atom. The first-order valence-electron chi connectivity index (χ1n) is 7.51. The maximum atomic E-state index is 4.86. The number of hydrogen-bond acceptors (Lipinski definition) is 3. The van der Waals surface area contributed by atoms with E-state index in [1.165, 1.54) is 24.8 Å². The topological polar surface area (TPSA) is 29.0 Å². The average Bonchev–Trinajstić information content (AvgIpc) is 2.51. The predicted molar refractivity (Wildman–Crippen MR) is 90.7 cm³/mol. The molecule has 0 spiro atoms. The maximum Gasteiger partial charge on any atom is 0.161 e. The van der Waals surface area contributed by atoms with Crippen molar-refractivity contribution in [2.75, 3.05) is 18.0 Å². The van der Waals surface area contributed by atoms with Crippen LogP contribution in [0.4, 0.5) is 5.82 Å². The standard InChI is InChI=1S/C17H20BrN3/c1-12-13(2)19-16(14-6-8-15(18)9-7-14)20-17(12)21-10-4-3-5-11-21/h6-9H,3-5,10-11H2,1-2H3. The van der Waals surface area contributed by atoms with Crippen LogP contribution in [0.2, 0.25) is 0 Å². The minimum Gasteiger partial charge on any atom is -0.356 e. The van der Waals surface area contributed by atoms with Gasteiger partial charge in [-0.2, -0.15) is 0 Å². The molecule has 1 aromatic heterocycles. The lowest BCUT2D eigenvalue weighted by molar-refractivity contribution is 0.572. The summed E-state index contributed by atoms with van der Waals surface area (Å²) in [6, 6.07) is 8.20. The van der Waals surface area contributed by atoms with Crippen molar-refractivity contribution in [3.05, 3.63) is 40.0 Å². The lowest BCUT2D eigenvalue weighted by atomic mass is 10.1. The van der Waals surface area contributed by atoms with Crippen molar-refractivity contribution >= 4 is 21.7 Å². The van der Waals surface area contributed by atoms with Gasteiger partial charge in [-0.1, -0.05) is 28.1 Å². The molecule has 1 aliphatic rings. The zero-order chi connectivity index (χ0) is 14.8. The normalized spacial score (nSPS) is 15.3. The van der Waals surface area contributed by atoms with Crippen LogP contribution >= 0.6 is 15.9 Å². The third kappa shape index (κ3) is 3.10. The van der Waals surface area contributed by atoms with Crippen molar-refractivity contribution in [3.8, 4) is 11.4 Å². The Bertz CT molecular complexity index is 631. The number of anilines is 1. The summed E-state index contributed by atoms with van der Waals surface area (Å²) in [5, 5.41) is 0. The Balaban J connectivity index is 2.02. The highest BCUT2D eigenvalue weighted by Gasteiger charge is 2.17. The van der Waals surface area contributed by atoms with Gasteiger partial charge in [-0.15, -0.1) is 0 Å². The predicted octanol–water partition coefficient (Wildman–Crippen LogP) is 4.51. The Morgan fingerprint density at radius 3 is 2.29 bits per heavy atom. The Labute approximate surface area is 134 Å². The van der Waals surface area contributed by atoms with Crippen molar-refractivity contribution in [2.24, 2.45) is 0 Å². The molecule has 0 unspecified atom stereocenters. The Hall–Kier alpha value is -1.42. The average molecular weight is 346 g/mol. The fourth-order valence-electron chi connectivity index (χ4n) is 2.76. The number of piperidine rings is 1. The molecule has 1 fully saturated rings. The largest absolute Gasteiger partial charge is 0.356 e. The van der Waals surface area contributed by atoms with Gasteiger partial charge in [0.25, 0.3) is 0 Å². The van der Waals surface area contributed by atoms with E-state index in [9.17, 15) is 0 Å². The Morgan fingerprint density at radius 1 is 0.952 bits per heavy atom. The van der Waals surface area contributed by atoms with Crippen molar-refractivity contribution in [3.63, 3.8) is 0 Å². The Kier molecular flexibility index (Phi) is 4.24. The number of rotatable bonds is 2. The van der Waals surface area contributed by atoms with Gasteiger partial charge < -0.3 is 4.90 Å². The first-order chi connectivity index (χ1) is 10.1. The van der Waals surface area contributed by atoms with Crippen LogP contribution in [0.3, 0.4) is 0 Å². The zero-order valence-electron chi connectivity index (χ0n) is 12.6. The molecule has 1 saturated heterocycles. The molecule has 0 N–H and O–H groups in total. The highest BCUT2D eigenvalue weighted by atomic mass is 79.9. The summed E-state index contributed by atoms with van der Waals surface area (Å²) in [5.74, 6) is 1.94. The molecule has 0 atom stereocenters. The van der Waals surface area contributed by atoms with E-state index in [4.69, 9.17) is 4.98 Å². The summed E-state index contributed by atoms with van der Waals surface area (Å²) in [6.07, 6.45) is 3.85. The maximum absolute atomic E-state index is 4.86. The van der Waals surface area contributed by atoms with Crippen molar-refractivity contribution in [1.82, 2.24) is 9.97 Å². The lowest BCUT2D eigenvalue weighted by Crippen LogP contribution is -2.31. The quantitative estimate of drug-likeness (QED) is 0.801. The molecule has 1 aromatic carbocycles. The zero-order valence-corrected chi connectivity index (χ0v) is 14.2. The lowest BCUT2D eigenvalue weighted by Gasteiger charge is -2.29. The van der Waals surface area contributed by atoms with Gasteiger partial charge in [0, 0.05) is 34.4 Å². The molecule has 0 aliphatic carbocycles. The van der Waals surface area contributed by atoms with Crippen molar-refractivity contribution in [2.45, 2.75) is 33.1 Å². The van der Waals surface area contributed by atoms with Crippen LogP contribution in [0.1, 0.15) is 30.5 Å². The molecule has 2 heterocycles. The fourth-order valence-corrected chi connectivity index (χ4v) is 3.02. The molecular formula is C17H20BrN3. The van der Waals surface area contributed by atoms with Crippen LogP contribution in [0, 0.1) is 13.8 Å². The number of aryl methyl sites for hydroxylation is 1. The summed E-state index contributed by atoms with van der Waals surface area (Å²) < 4.78 is 1.08. The van der Waals surface area contributed by atoms with Crippen LogP contribution in [0.5, 0.6) is 0 Å². The monoisotopic (exact) mass is 345 g/mol. The molecule has 1 aliphatic heterocycles. The molecule has 0 bridgehead atoms. The van der Waals surface area contributed by atoms with E-state index >= 15 is 0 Å². The van der Waals surface area contributed by atoms with Gasteiger partial charge in [-0.25, -0.2) is 9.97 Å². The van der Waals surface area contributed by atoms with Crippen molar-refractivity contribution < 1.29 is 0 Å². The number of nitrogens with zero attached hydrogens (tertiary/aromatic N) is 3. The van der Waals surface area contributed by atoms with E-state index in [-0.39, 0.29) is 0 Å². The van der Waals surface area contributed by atoms with Crippen LogP contribution < -0.4 is 4.90 Å². The number of hydrogen-bond donors (Lipinski definition) is 0. The van der Waals surface area contributed by atoms with E-state index < -0.39 is 0 Å². The second-order valence-corrected chi connectivity index (χ2v) is 6.55. The van der Waals surface area contributed by atoms with E-state index in [2.05, 4.69) is 51.8 Å². The summed E-state index contributed by atoms with van der Waals surface area (Å²) >= 11 is 3.47. The third-order valence-electron chi connectivity index (χ3n) is 4.12. The van der Waals surface area contributed by atoms with Gasteiger partial charge in [-0.05, 0) is 45.2 Å². The molecule has 0 radical (unpaired) electrons. The van der Waals surface area contributed by atoms with E-state index in [0.29, 0.717) is 0 Å². The third-order valence-corrected chi connectivity index (χ3v) is 4.65. The second kappa shape index (κ2) is 6.14. The molecular weight excluding hydrogens is 326 g/mol. The van der Waals surface area contributed by atoms with Crippen LogP contribution in [-0.2, 0) is 0 Å². The highest BCUT2D eigenvalue weighted by molar-refractivity contribution is 9.10. The summed E-state index contributed by atoms with van der Waals surface area (Å²) in [6.45, 7) is 6.42. The van der Waals surface area contributed by atoms with Gasteiger partial charge >= 0.3 is 0 Å². The first kappa shape index (κ1) is 14.5. The molecule has 3 nitrogen and oxygen atoms in total. The summed E-state index contributed by atoms with van der Waals surface area (Å²) in [4.78, 5) is 11.9.